The third-order valence-corrected chi connectivity index (χ3v) is 4.83. The zero-order chi connectivity index (χ0) is 19.4. The van der Waals surface area contributed by atoms with Gasteiger partial charge in [-0.3, -0.25) is 14.2 Å². The van der Waals surface area contributed by atoms with Crippen LogP contribution in [0.1, 0.15) is 45.2 Å². The van der Waals surface area contributed by atoms with E-state index in [2.05, 4.69) is 32.1 Å². The van der Waals surface area contributed by atoms with E-state index in [0.717, 1.165) is 37.7 Å². The highest BCUT2D eigenvalue weighted by Gasteiger charge is 2.17. The van der Waals surface area contributed by atoms with Crippen molar-refractivity contribution < 1.29 is 4.79 Å². The highest BCUT2D eigenvalue weighted by Crippen LogP contribution is 2.22. The van der Waals surface area contributed by atoms with Crippen molar-refractivity contribution >= 4 is 17.5 Å². The fourth-order valence-corrected chi connectivity index (χ4v) is 3.04. The molecule has 1 aliphatic rings. The molecular formula is C19H26N6O2. The minimum Gasteiger partial charge on any atom is -0.356 e. The van der Waals surface area contributed by atoms with Gasteiger partial charge in [-0.1, -0.05) is 20.8 Å². The maximum atomic E-state index is 12.3. The number of carbonyl (C=O) groups excluding carboxylic acids is 1. The molecule has 144 valence electrons. The third-order valence-electron chi connectivity index (χ3n) is 4.83. The molecule has 0 bridgehead atoms. The zero-order valence-corrected chi connectivity index (χ0v) is 16.1. The van der Waals surface area contributed by atoms with Crippen LogP contribution in [0.5, 0.6) is 0 Å². The molecule has 0 radical (unpaired) electrons. The molecule has 1 aliphatic heterocycles. The van der Waals surface area contributed by atoms with E-state index in [9.17, 15) is 9.59 Å². The number of aromatic nitrogens is 4. The second kappa shape index (κ2) is 8.28. The van der Waals surface area contributed by atoms with Crippen molar-refractivity contribution in [3.05, 3.63) is 40.8 Å². The van der Waals surface area contributed by atoms with E-state index in [4.69, 9.17) is 0 Å². The molecule has 0 spiro atoms. The van der Waals surface area contributed by atoms with E-state index in [1.54, 1.807) is 6.07 Å². The molecule has 0 saturated carbocycles. The van der Waals surface area contributed by atoms with Gasteiger partial charge in [-0.25, -0.2) is 15.0 Å². The van der Waals surface area contributed by atoms with Crippen molar-refractivity contribution in [1.29, 1.82) is 0 Å². The second-order valence-corrected chi connectivity index (χ2v) is 7.41. The molecule has 1 saturated heterocycles. The van der Waals surface area contributed by atoms with Crippen LogP contribution >= 0.6 is 0 Å². The summed E-state index contributed by atoms with van der Waals surface area (Å²) in [4.78, 5) is 39.3. The molecule has 1 amide bonds. The minimum absolute atomic E-state index is 0.106. The fourth-order valence-electron chi connectivity index (χ4n) is 3.04. The first kappa shape index (κ1) is 19.0. The van der Waals surface area contributed by atoms with Crippen LogP contribution in [-0.4, -0.2) is 38.5 Å². The van der Waals surface area contributed by atoms with Crippen LogP contribution < -0.4 is 15.8 Å². The Morgan fingerprint density at radius 2 is 1.96 bits per heavy atom. The number of hydrogen-bond acceptors (Lipinski definition) is 6. The number of anilines is 2. The van der Waals surface area contributed by atoms with Crippen molar-refractivity contribution in [2.75, 3.05) is 23.3 Å². The highest BCUT2D eigenvalue weighted by molar-refractivity contribution is 5.89. The fraction of sp³-hybridized carbons (Fsp3) is 0.526. The van der Waals surface area contributed by atoms with Gasteiger partial charge in [0.25, 0.3) is 5.56 Å². The Labute approximate surface area is 158 Å². The van der Waals surface area contributed by atoms with Gasteiger partial charge >= 0.3 is 0 Å². The van der Waals surface area contributed by atoms with Gasteiger partial charge in [-0.15, -0.1) is 0 Å². The van der Waals surface area contributed by atoms with E-state index < -0.39 is 0 Å². The Morgan fingerprint density at radius 1 is 1.22 bits per heavy atom. The maximum absolute atomic E-state index is 12.3. The molecule has 1 N–H and O–H groups in total. The normalized spacial score (nSPS) is 15.2. The van der Waals surface area contributed by atoms with Crippen molar-refractivity contribution in [2.45, 2.75) is 46.1 Å². The summed E-state index contributed by atoms with van der Waals surface area (Å²) in [5, 5.41) is 2.74. The molecule has 0 unspecified atom stereocenters. The lowest BCUT2D eigenvalue weighted by Gasteiger charge is -2.31. The minimum atomic E-state index is -0.326. The molecule has 1 fully saturated rings. The lowest BCUT2D eigenvalue weighted by molar-refractivity contribution is -0.116. The molecule has 0 aromatic carbocycles. The van der Waals surface area contributed by atoms with Crippen molar-refractivity contribution in [3.8, 4) is 0 Å². The number of carbonyl (C=O) groups is 1. The molecule has 8 heteroatoms. The van der Waals surface area contributed by atoms with Gasteiger partial charge in [-0.2, -0.15) is 0 Å². The van der Waals surface area contributed by atoms with Crippen molar-refractivity contribution in [3.63, 3.8) is 0 Å². The van der Waals surface area contributed by atoms with Crippen LogP contribution in [0.25, 0.3) is 0 Å². The quantitative estimate of drug-likeness (QED) is 0.866. The largest absolute Gasteiger partial charge is 0.356 e. The second-order valence-electron chi connectivity index (χ2n) is 7.41. The molecule has 3 rings (SSSR count). The van der Waals surface area contributed by atoms with Crippen LogP contribution in [0.15, 0.2) is 29.6 Å². The third kappa shape index (κ3) is 4.90. The van der Waals surface area contributed by atoms with Crippen LogP contribution in [0.4, 0.5) is 11.6 Å². The molecule has 2 aromatic heterocycles. The number of nitrogens with zero attached hydrogens (tertiary/aromatic N) is 5. The zero-order valence-electron chi connectivity index (χ0n) is 16.1. The van der Waals surface area contributed by atoms with Crippen LogP contribution in [0.3, 0.4) is 0 Å². The van der Waals surface area contributed by atoms with Crippen LogP contribution in [-0.2, 0) is 11.3 Å². The van der Waals surface area contributed by atoms with Gasteiger partial charge in [0, 0.05) is 25.2 Å². The van der Waals surface area contributed by atoms with E-state index in [1.807, 2.05) is 13.8 Å². The topological polar surface area (TPSA) is 93.0 Å². The lowest BCUT2D eigenvalue weighted by atomic mass is 9.99. The Kier molecular flexibility index (Phi) is 5.83. The molecule has 2 aromatic rings. The number of amides is 1. The van der Waals surface area contributed by atoms with Gasteiger partial charge in [0.1, 0.15) is 24.5 Å². The first-order chi connectivity index (χ1) is 12.9. The molecule has 0 atom stereocenters. The first-order valence-corrected chi connectivity index (χ1v) is 9.35. The van der Waals surface area contributed by atoms with E-state index >= 15 is 0 Å². The molecule has 8 nitrogen and oxygen atoms in total. The van der Waals surface area contributed by atoms with Crippen LogP contribution in [0.2, 0.25) is 0 Å². The number of hydrogen-bond donors (Lipinski definition) is 1. The van der Waals surface area contributed by atoms with E-state index in [0.29, 0.717) is 11.5 Å². The Balaban J connectivity index is 1.64. The van der Waals surface area contributed by atoms with E-state index in [-0.39, 0.29) is 23.9 Å². The average molecular weight is 370 g/mol. The standard InChI is InChI=1S/C19H26N6O2/c1-13(2)15-8-19(27)25(12-22-15)10-18(26)23-16-9-17(21-11-20-16)24-6-4-14(3)5-7-24/h8-9,11-14H,4-7,10H2,1-3H3,(H,20,21,23,26). The number of piperidine rings is 1. The number of rotatable bonds is 5. The summed E-state index contributed by atoms with van der Waals surface area (Å²) < 4.78 is 1.29. The van der Waals surface area contributed by atoms with Gasteiger partial charge in [0.15, 0.2) is 0 Å². The van der Waals surface area contributed by atoms with E-state index in [1.165, 1.54) is 23.3 Å². The van der Waals surface area contributed by atoms with Crippen molar-refractivity contribution in [2.24, 2.45) is 5.92 Å². The monoisotopic (exact) mass is 370 g/mol. The summed E-state index contributed by atoms with van der Waals surface area (Å²) in [7, 11) is 0. The smallest absolute Gasteiger partial charge is 0.254 e. The lowest BCUT2D eigenvalue weighted by Crippen LogP contribution is -2.33. The summed E-state index contributed by atoms with van der Waals surface area (Å²) in [5.74, 6) is 1.82. The summed E-state index contributed by atoms with van der Waals surface area (Å²) in [5.41, 5.74) is 0.475. The predicted molar refractivity (Wildman–Crippen MR) is 104 cm³/mol. The Morgan fingerprint density at radius 3 is 2.63 bits per heavy atom. The maximum Gasteiger partial charge on any atom is 0.254 e. The van der Waals surface area contributed by atoms with Gasteiger partial charge in [0.05, 0.1) is 12.0 Å². The average Bonchev–Trinajstić information content (AvgIpc) is 2.64. The SMILES string of the molecule is CC1CCN(c2cc(NC(=O)Cn3cnc(C(C)C)cc3=O)ncn2)CC1. The molecule has 27 heavy (non-hydrogen) atoms. The van der Waals surface area contributed by atoms with Gasteiger partial charge in [-0.05, 0) is 24.7 Å². The Hall–Kier alpha value is -2.77. The summed E-state index contributed by atoms with van der Waals surface area (Å²) in [6.07, 6.45) is 5.13. The predicted octanol–water partition coefficient (Wildman–Crippen LogP) is 2.03. The number of nitrogens with one attached hydrogen (secondary N) is 1. The summed E-state index contributed by atoms with van der Waals surface area (Å²) in [6, 6.07) is 3.24. The van der Waals surface area contributed by atoms with Crippen LogP contribution in [0, 0.1) is 5.92 Å². The van der Waals surface area contributed by atoms with Crippen molar-refractivity contribution in [1.82, 2.24) is 19.5 Å². The Bertz CT molecular complexity index is 855. The van der Waals surface area contributed by atoms with Gasteiger partial charge < -0.3 is 10.2 Å². The summed E-state index contributed by atoms with van der Waals surface area (Å²) in [6.45, 7) is 7.99. The summed E-state index contributed by atoms with van der Waals surface area (Å²) >= 11 is 0. The molecular weight excluding hydrogens is 344 g/mol. The highest BCUT2D eigenvalue weighted by atomic mass is 16.2. The van der Waals surface area contributed by atoms with Gasteiger partial charge in [0.2, 0.25) is 5.91 Å². The molecule has 3 heterocycles. The molecule has 0 aliphatic carbocycles. The first-order valence-electron chi connectivity index (χ1n) is 9.35.